The van der Waals surface area contributed by atoms with Gasteiger partial charge in [0, 0.05) is 18.3 Å². The van der Waals surface area contributed by atoms with Gasteiger partial charge in [0.15, 0.2) is 0 Å². The van der Waals surface area contributed by atoms with Crippen molar-refractivity contribution in [3.63, 3.8) is 0 Å². The van der Waals surface area contributed by atoms with Crippen LogP contribution in [0.2, 0.25) is 0 Å². The van der Waals surface area contributed by atoms with E-state index in [9.17, 15) is 4.79 Å². The molecule has 2 bridgehead atoms. The Morgan fingerprint density at radius 3 is 2.87 bits per heavy atom. The van der Waals surface area contributed by atoms with Gasteiger partial charge in [-0.25, -0.2) is 0 Å². The molecule has 23 heavy (non-hydrogen) atoms. The average molecular weight is 302 g/mol. The fourth-order valence-corrected chi connectivity index (χ4v) is 5.55. The molecule has 0 aliphatic heterocycles. The van der Waals surface area contributed by atoms with E-state index in [1.807, 2.05) is 0 Å². The Bertz CT molecular complexity index is 860. The van der Waals surface area contributed by atoms with Gasteiger partial charge in [0.1, 0.15) is 5.78 Å². The lowest BCUT2D eigenvalue weighted by Crippen LogP contribution is -2.38. The maximum Gasteiger partial charge on any atom is 0.138 e. The SMILES string of the molecule is CCc1cccc2cc3c(cc12)C1(CC(=O)C3)CC2C=CC1C2. The quantitative estimate of drug-likeness (QED) is 0.695. The molecule has 0 amide bonds. The fraction of sp³-hybridized carbons (Fsp3) is 0.409. The Hall–Kier alpha value is -1.89. The van der Waals surface area contributed by atoms with E-state index in [2.05, 4.69) is 49.4 Å². The number of allylic oxidation sites excluding steroid dienone is 2. The Labute approximate surface area is 137 Å². The maximum absolute atomic E-state index is 12.5. The molecule has 3 unspecified atom stereocenters. The largest absolute Gasteiger partial charge is 0.299 e. The van der Waals surface area contributed by atoms with Gasteiger partial charge in [-0.3, -0.25) is 4.79 Å². The molecule has 1 spiro atoms. The normalized spacial score (nSPS) is 31.3. The first-order chi connectivity index (χ1) is 11.2. The molecule has 2 aromatic carbocycles. The highest BCUT2D eigenvalue weighted by atomic mass is 16.1. The molecule has 0 radical (unpaired) electrons. The molecular formula is C22H22O. The van der Waals surface area contributed by atoms with Crippen LogP contribution in [0.4, 0.5) is 0 Å². The average Bonchev–Trinajstić information content (AvgIpc) is 3.14. The van der Waals surface area contributed by atoms with Crippen LogP contribution in [0, 0.1) is 11.8 Å². The van der Waals surface area contributed by atoms with Gasteiger partial charge in [-0.15, -0.1) is 0 Å². The minimum atomic E-state index is 0.0964. The lowest BCUT2D eigenvalue weighted by Gasteiger charge is -2.40. The van der Waals surface area contributed by atoms with Gasteiger partial charge in [-0.1, -0.05) is 43.3 Å². The Morgan fingerprint density at radius 1 is 1.22 bits per heavy atom. The van der Waals surface area contributed by atoms with Crippen molar-refractivity contribution in [3.05, 3.63) is 59.2 Å². The number of ketones is 1. The van der Waals surface area contributed by atoms with Crippen LogP contribution in [0.3, 0.4) is 0 Å². The Balaban J connectivity index is 1.79. The van der Waals surface area contributed by atoms with Crippen molar-refractivity contribution in [2.24, 2.45) is 11.8 Å². The monoisotopic (exact) mass is 302 g/mol. The van der Waals surface area contributed by atoms with E-state index in [1.54, 1.807) is 0 Å². The standard InChI is InChI=1S/C22H22O/c1-2-15-4-3-5-16-9-17-10-19(23)13-22(21(17)11-20(15)16)12-14-6-7-18(22)8-14/h3-7,9,11,14,18H,2,8,10,12-13H2,1H3. The zero-order valence-corrected chi connectivity index (χ0v) is 13.6. The van der Waals surface area contributed by atoms with Crippen LogP contribution in [-0.4, -0.2) is 5.78 Å². The van der Waals surface area contributed by atoms with E-state index >= 15 is 0 Å². The summed E-state index contributed by atoms with van der Waals surface area (Å²) in [6.07, 6.45) is 9.65. The van der Waals surface area contributed by atoms with Gasteiger partial charge in [0.05, 0.1) is 0 Å². The molecular weight excluding hydrogens is 280 g/mol. The number of aryl methyl sites for hydroxylation is 1. The van der Waals surface area contributed by atoms with Crippen molar-refractivity contribution in [3.8, 4) is 0 Å². The highest BCUT2D eigenvalue weighted by Gasteiger charge is 2.52. The van der Waals surface area contributed by atoms with Crippen LogP contribution >= 0.6 is 0 Å². The number of Topliss-reactive ketones (excluding diaryl/α,β-unsaturated/α-hetero) is 1. The number of benzene rings is 2. The molecule has 1 fully saturated rings. The number of hydrogen-bond donors (Lipinski definition) is 0. The van der Waals surface area contributed by atoms with Gasteiger partial charge in [0.2, 0.25) is 0 Å². The topological polar surface area (TPSA) is 17.1 Å². The second kappa shape index (κ2) is 4.56. The number of fused-ring (bicyclic) bond motifs is 6. The van der Waals surface area contributed by atoms with Gasteiger partial charge in [-0.05, 0) is 64.6 Å². The number of carbonyl (C=O) groups is 1. The fourth-order valence-electron chi connectivity index (χ4n) is 5.55. The molecule has 1 saturated carbocycles. The molecule has 3 atom stereocenters. The predicted molar refractivity (Wildman–Crippen MR) is 93.7 cm³/mol. The van der Waals surface area contributed by atoms with E-state index in [1.165, 1.54) is 40.3 Å². The molecule has 5 rings (SSSR count). The molecule has 0 heterocycles. The van der Waals surface area contributed by atoms with Crippen LogP contribution in [0.5, 0.6) is 0 Å². The van der Waals surface area contributed by atoms with Crippen molar-refractivity contribution in [2.45, 2.75) is 44.4 Å². The first-order valence-corrected chi connectivity index (χ1v) is 8.94. The minimum Gasteiger partial charge on any atom is -0.299 e. The third kappa shape index (κ3) is 1.77. The van der Waals surface area contributed by atoms with Crippen LogP contribution in [0.15, 0.2) is 42.5 Å². The van der Waals surface area contributed by atoms with E-state index in [0.717, 1.165) is 12.8 Å². The summed E-state index contributed by atoms with van der Waals surface area (Å²) in [5.74, 6) is 1.70. The predicted octanol–water partition coefficient (Wildman–Crippen LogP) is 4.75. The summed E-state index contributed by atoms with van der Waals surface area (Å²) >= 11 is 0. The van der Waals surface area contributed by atoms with E-state index in [-0.39, 0.29) is 5.41 Å². The van der Waals surface area contributed by atoms with Crippen molar-refractivity contribution in [2.75, 3.05) is 0 Å². The zero-order valence-electron chi connectivity index (χ0n) is 13.6. The van der Waals surface area contributed by atoms with Gasteiger partial charge in [0.25, 0.3) is 0 Å². The molecule has 3 aliphatic rings. The van der Waals surface area contributed by atoms with E-state index in [0.29, 0.717) is 24.0 Å². The highest BCUT2D eigenvalue weighted by Crippen LogP contribution is 2.58. The number of rotatable bonds is 1. The highest BCUT2D eigenvalue weighted by molar-refractivity contribution is 5.92. The molecule has 0 saturated heterocycles. The minimum absolute atomic E-state index is 0.0964. The molecule has 1 nitrogen and oxygen atoms in total. The molecule has 0 N–H and O–H groups in total. The van der Waals surface area contributed by atoms with Crippen molar-refractivity contribution in [1.82, 2.24) is 0 Å². The lowest BCUT2D eigenvalue weighted by molar-refractivity contribution is -0.120. The van der Waals surface area contributed by atoms with Crippen LogP contribution in [-0.2, 0) is 23.1 Å². The number of carbonyl (C=O) groups excluding carboxylic acids is 1. The number of hydrogen-bond acceptors (Lipinski definition) is 1. The smallest absolute Gasteiger partial charge is 0.138 e. The molecule has 1 heteroatoms. The summed E-state index contributed by atoms with van der Waals surface area (Å²) in [4.78, 5) is 12.5. The van der Waals surface area contributed by atoms with Crippen LogP contribution in [0.1, 0.15) is 42.9 Å². The Kier molecular flexibility index (Phi) is 2.69. The molecule has 2 aromatic rings. The first-order valence-electron chi connectivity index (χ1n) is 8.94. The first kappa shape index (κ1) is 13.5. The van der Waals surface area contributed by atoms with Crippen molar-refractivity contribution >= 4 is 16.6 Å². The van der Waals surface area contributed by atoms with Gasteiger partial charge >= 0.3 is 0 Å². The summed E-state index contributed by atoms with van der Waals surface area (Å²) in [6.45, 7) is 2.23. The van der Waals surface area contributed by atoms with E-state index in [4.69, 9.17) is 0 Å². The van der Waals surface area contributed by atoms with Gasteiger partial charge in [-0.2, -0.15) is 0 Å². The van der Waals surface area contributed by atoms with E-state index < -0.39 is 0 Å². The summed E-state index contributed by atoms with van der Waals surface area (Å²) < 4.78 is 0. The second-order valence-electron chi connectivity index (χ2n) is 7.74. The third-order valence-corrected chi connectivity index (χ3v) is 6.52. The lowest BCUT2D eigenvalue weighted by atomic mass is 9.62. The van der Waals surface area contributed by atoms with Crippen molar-refractivity contribution in [1.29, 1.82) is 0 Å². The Morgan fingerprint density at radius 2 is 2.13 bits per heavy atom. The summed E-state index contributed by atoms with van der Waals surface area (Å²) in [7, 11) is 0. The zero-order chi connectivity index (χ0) is 15.6. The van der Waals surface area contributed by atoms with Crippen LogP contribution in [0.25, 0.3) is 10.8 Å². The summed E-state index contributed by atoms with van der Waals surface area (Å²) in [5.41, 5.74) is 4.31. The van der Waals surface area contributed by atoms with Crippen LogP contribution < -0.4 is 0 Å². The second-order valence-corrected chi connectivity index (χ2v) is 7.74. The third-order valence-electron chi connectivity index (χ3n) is 6.52. The maximum atomic E-state index is 12.5. The molecule has 0 aromatic heterocycles. The van der Waals surface area contributed by atoms with Crippen molar-refractivity contribution < 1.29 is 4.79 Å². The summed E-state index contributed by atoms with van der Waals surface area (Å²) in [6, 6.07) is 11.3. The van der Waals surface area contributed by atoms with Gasteiger partial charge < -0.3 is 0 Å². The molecule has 116 valence electrons. The summed E-state index contributed by atoms with van der Waals surface area (Å²) in [5, 5.41) is 2.70. The molecule has 3 aliphatic carbocycles.